The van der Waals surface area contributed by atoms with Crippen LogP contribution in [0.4, 0.5) is 0 Å². The minimum absolute atomic E-state index is 0.188. The van der Waals surface area contributed by atoms with Crippen LogP contribution in [0.25, 0.3) is 0 Å². The van der Waals surface area contributed by atoms with Crippen LogP contribution in [0.1, 0.15) is 18.4 Å². The second kappa shape index (κ2) is 3.46. The van der Waals surface area contributed by atoms with Gasteiger partial charge in [-0.1, -0.05) is 12.1 Å². The van der Waals surface area contributed by atoms with Gasteiger partial charge in [0.05, 0.1) is 5.41 Å². The van der Waals surface area contributed by atoms with E-state index in [1.165, 1.54) is 18.2 Å². The van der Waals surface area contributed by atoms with Gasteiger partial charge in [-0.05, 0) is 24.5 Å². The van der Waals surface area contributed by atoms with E-state index in [9.17, 15) is 18.3 Å². The van der Waals surface area contributed by atoms with E-state index in [4.69, 9.17) is 5.11 Å². The van der Waals surface area contributed by atoms with E-state index >= 15 is 0 Å². The van der Waals surface area contributed by atoms with Crippen LogP contribution in [0, 0.1) is 0 Å². The van der Waals surface area contributed by atoms with Crippen molar-refractivity contribution in [2.75, 3.05) is 6.26 Å². The Kier molecular flexibility index (Phi) is 2.43. The van der Waals surface area contributed by atoms with Crippen molar-refractivity contribution in [2.45, 2.75) is 23.2 Å². The van der Waals surface area contributed by atoms with Gasteiger partial charge in [-0.15, -0.1) is 0 Å². The molecular weight excluding hydrogens is 244 g/mol. The zero-order valence-electron chi connectivity index (χ0n) is 9.17. The van der Waals surface area contributed by atoms with Crippen molar-refractivity contribution in [1.82, 2.24) is 0 Å². The van der Waals surface area contributed by atoms with E-state index < -0.39 is 27.0 Å². The predicted octanol–water partition coefficient (Wildman–Crippen LogP) is 0.912. The molecule has 5 nitrogen and oxygen atoms in total. The van der Waals surface area contributed by atoms with E-state index in [-0.39, 0.29) is 10.5 Å². The fourth-order valence-corrected chi connectivity index (χ4v) is 3.13. The van der Waals surface area contributed by atoms with E-state index in [1.807, 2.05) is 0 Å². The van der Waals surface area contributed by atoms with Crippen LogP contribution in [-0.4, -0.2) is 30.9 Å². The van der Waals surface area contributed by atoms with E-state index in [1.54, 1.807) is 0 Å². The minimum atomic E-state index is -3.65. The first-order valence-corrected chi connectivity index (χ1v) is 6.94. The van der Waals surface area contributed by atoms with Crippen molar-refractivity contribution < 1.29 is 23.4 Å². The summed E-state index contributed by atoms with van der Waals surface area (Å²) in [5, 5.41) is 18.8. The Morgan fingerprint density at radius 1 is 1.35 bits per heavy atom. The van der Waals surface area contributed by atoms with Crippen LogP contribution in [0.3, 0.4) is 0 Å². The molecule has 0 heterocycles. The molecule has 92 valence electrons. The molecule has 1 aliphatic carbocycles. The highest BCUT2D eigenvalue weighted by Gasteiger charge is 2.54. The molecule has 0 spiro atoms. The number of hydrogen-bond acceptors (Lipinski definition) is 4. The smallest absolute Gasteiger partial charge is 0.314 e. The van der Waals surface area contributed by atoms with Crippen molar-refractivity contribution in [3.05, 3.63) is 23.8 Å². The molecule has 0 aromatic heterocycles. The zero-order valence-corrected chi connectivity index (χ0v) is 9.99. The second-order valence-corrected chi connectivity index (χ2v) is 6.27. The number of benzene rings is 1. The zero-order chi connectivity index (χ0) is 12.8. The minimum Gasteiger partial charge on any atom is -0.507 e. The maximum atomic E-state index is 11.6. The summed E-state index contributed by atoms with van der Waals surface area (Å²) in [5.41, 5.74) is -0.954. The van der Waals surface area contributed by atoms with E-state index in [2.05, 4.69) is 0 Å². The van der Waals surface area contributed by atoms with Crippen LogP contribution < -0.4 is 0 Å². The van der Waals surface area contributed by atoms with Crippen molar-refractivity contribution in [3.63, 3.8) is 0 Å². The number of rotatable bonds is 3. The summed E-state index contributed by atoms with van der Waals surface area (Å²) in [6, 6.07) is 4.16. The standard InChI is InChI=1S/C11H12O5S/c1-17(15,16)9-7(3-2-4-8(9)12)11(5-6-11)10(13)14/h2-4,12H,5-6H2,1H3,(H,13,14). The average Bonchev–Trinajstić information content (AvgIpc) is 2.95. The summed E-state index contributed by atoms with van der Waals surface area (Å²) in [5.74, 6) is -1.44. The first-order valence-electron chi connectivity index (χ1n) is 5.05. The molecule has 17 heavy (non-hydrogen) atoms. The third-order valence-corrected chi connectivity index (χ3v) is 4.21. The van der Waals surface area contributed by atoms with E-state index in [0.717, 1.165) is 6.26 Å². The molecule has 2 N–H and O–H groups in total. The normalized spacial score (nSPS) is 17.7. The van der Waals surface area contributed by atoms with Gasteiger partial charge in [0.25, 0.3) is 0 Å². The molecule has 1 fully saturated rings. The molecule has 0 atom stereocenters. The summed E-state index contributed by atoms with van der Waals surface area (Å²) < 4.78 is 23.2. The Hall–Kier alpha value is -1.56. The molecule has 0 amide bonds. The Labute approximate surface area is 98.6 Å². The molecule has 1 aromatic rings. The van der Waals surface area contributed by atoms with Gasteiger partial charge in [0, 0.05) is 6.26 Å². The molecule has 0 aliphatic heterocycles. The lowest BCUT2D eigenvalue weighted by Gasteiger charge is -2.15. The maximum Gasteiger partial charge on any atom is 0.314 e. The molecule has 0 radical (unpaired) electrons. The number of sulfone groups is 1. The van der Waals surface area contributed by atoms with Gasteiger partial charge < -0.3 is 10.2 Å². The van der Waals surface area contributed by atoms with Crippen LogP contribution >= 0.6 is 0 Å². The number of phenols is 1. The first-order chi connectivity index (χ1) is 7.79. The molecule has 0 saturated heterocycles. The Morgan fingerprint density at radius 2 is 1.94 bits per heavy atom. The van der Waals surface area contributed by atoms with Crippen molar-refractivity contribution in [3.8, 4) is 5.75 Å². The van der Waals surface area contributed by atoms with Gasteiger partial charge in [0.15, 0.2) is 9.84 Å². The van der Waals surface area contributed by atoms with E-state index in [0.29, 0.717) is 12.8 Å². The summed E-state index contributed by atoms with van der Waals surface area (Å²) in [4.78, 5) is 10.9. The van der Waals surface area contributed by atoms with Crippen LogP contribution in [0.2, 0.25) is 0 Å². The number of hydrogen-bond donors (Lipinski definition) is 2. The highest BCUT2D eigenvalue weighted by atomic mass is 32.2. The predicted molar refractivity (Wildman–Crippen MR) is 59.8 cm³/mol. The molecule has 2 rings (SSSR count). The molecule has 1 aliphatic rings. The number of carboxylic acids is 1. The Morgan fingerprint density at radius 3 is 2.35 bits per heavy atom. The Bertz CT molecular complexity index is 584. The molecular formula is C11H12O5S. The quantitative estimate of drug-likeness (QED) is 0.838. The summed E-state index contributed by atoms with van der Waals surface area (Å²) >= 11 is 0. The highest BCUT2D eigenvalue weighted by molar-refractivity contribution is 7.90. The third kappa shape index (κ3) is 1.78. The van der Waals surface area contributed by atoms with Crippen molar-refractivity contribution >= 4 is 15.8 Å². The highest BCUT2D eigenvalue weighted by Crippen LogP contribution is 2.51. The number of carbonyl (C=O) groups is 1. The fraction of sp³-hybridized carbons (Fsp3) is 0.364. The molecule has 6 heteroatoms. The maximum absolute atomic E-state index is 11.6. The topological polar surface area (TPSA) is 91.7 Å². The van der Waals surface area contributed by atoms with Crippen LogP contribution in [0.5, 0.6) is 5.75 Å². The van der Waals surface area contributed by atoms with Crippen LogP contribution in [-0.2, 0) is 20.0 Å². The monoisotopic (exact) mass is 256 g/mol. The van der Waals surface area contributed by atoms with Gasteiger partial charge in [-0.25, -0.2) is 8.42 Å². The summed E-state index contributed by atoms with van der Waals surface area (Å²) in [6.07, 6.45) is 1.76. The first kappa shape index (κ1) is 11.9. The van der Waals surface area contributed by atoms with Crippen molar-refractivity contribution in [1.29, 1.82) is 0 Å². The largest absolute Gasteiger partial charge is 0.507 e. The SMILES string of the molecule is CS(=O)(=O)c1c(O)cccc1C1(C(=O)O)CC1. The van der Waals surface area contributed by atoms with Crippen LogP contribution in [0.15, 0.2) is 23.1 Å². The van der Waals surface area contributed by atoms with Gasteiger partial charge in [-0.2, -0.15) is 0 Å². The van der Waals surface area contributed by atoms with Gasteiger partial charge in [0.1, 0.15) is 10.6 Å². The third-order valence-electron chi connectivity index (χ3n) is 3.04. The molecule has 1 aromatic carbocycles. The fourth-order valence-electron chi connectivity index (χ4n) is 2.01. The summed E-state index contributed by atoms with van der Waals surface area (Å²) in [6.45, 7) is 0. The number of aromatic hydroxyl groups is 1. The molecule has 0 bridgehead atoms. The lowest BCUT2D eigenvalue weighted by atomic mass is 9.96. The molecule has 1 saturated carbocycles. The molecule has 0 unspecified atom stereocenters. The lowest BCUT2D eigenvalue weighted by Crippen LogP contribution is -2.22. The lowest BCUT2D eigenvalue weighted by molar-refractivity contribution is -0.140. The second-order valence-electron chi connectivity index (χ2n) is 4.31. The van der Waals surface area contributed by atoms with Gasteiger partial charge in [0.2, 0.25) is 0 Å². The number of carboxylic acid groups (broad SMARTS) is 1. The van der Waals surface area contributed by atoms with Gasteiger partial charge in [-0.3, -0.25) is 4.79 Å². The van der Waals surface area contributed by atoms with Crippen molar-refractivity contribution in [2.24, 2.45) is 0 Å². The Balaban J connectivity index is 2.72. The van der Waals surface area contributed by atoms with Gasteiger partial charge >= 0.3 is 5.97 Å². The average molecular weight is 256 g/mol. The number of phenolic OH excluding ortho intramolecular Hbond substituents is 1. The number of aliphatic carboxylic acids is 1. The summed E-state index contributed by atoms with van der Waals surface area (Å²) in [7, 11) is -3.65.